The van der Waals surface area contributed by atoms with E-state index < -0.39 is 14.4 Å². The molecule has 3 nitrogen and oxygen atoms in total. The summed E-state index contributed by atoms with van der Waals surface area (Å²) in [7, 11) is -1.85. The van der Waals surface area contributed by atoms with Gasteiger partial charge in [-0.3, -0.25) is 0 Å². The van der Waals surface area contributed by atoms with Crippen LogP contribution in [0.4, 0.5) is 0 Å². The highest BCUT2D eigenvalue weighted by atomic mass is 32.3. The van der Waals surface area contributed by atoms with Crippen LogP contribution in [0, 0.1) is 0 Å². The van der Waals surface area contributed by atoms with Crippen molar-refractivity contribution in [3.05, 3.63) is 60.2 Å². The smallest absolute Gasteiger partial charge is 0.194 e. The van der Waals surface area contributed by atoms with E-state index in [1.807, 2.05) is 6.07 Å². The number of hydrogen-bond donors (Lipinski definition) is 0. The molecule has 0 spiro atoms. The van der Waals surface area contributed by atoms with E-state index in [0.717, 1.165) is 5.56 Å². The van der Waals surface area contributed by atoms with Crippen LogP contribution in [0.15, 0.2) is 59.5 Å². The van der Waals surface area contributed by atoms with Gasteiger partial charge in [-0.2, -0.15) is 0 Å². The molecule has 5 heteroatoms. The van der Waals surface area contributed by atoms with E-state index in [0.29, 0.717) is 10.6 Å². The van der Waals surface area contributed by atoms with E-state index in [9.17, 15) is 8.42 Å². The third-order valence-corrected chi connectivity index (χ3v) is 6.74. The Labute approximate surface area is 123 Å². The molecule has 0 saturated carbocycles. The molecule has 0 heterocycles. The third kappa shape index (κ3) is 2.99. The van der Waals surface area contributed by atoms with Crippen molar-refractivity contribution in [3.8, 4) is 5.75 Å². The van der Waals surface area contributed by atoms with Gasteiger partial charge in [-0.05, 0) is 36.1 Å². The van der Waals surface area contributed by atoms with Crippen molar-refractivity contribution < 1.29 is 13.2 Å². The number of thioether (sulfide) groups is 1. The standard InChI is InChI=1S/C15H16O3S2/c1-18-13-8-6-7-12(11-13)15(19-2)20(16,17)14-9-4-3-5-10-14/h3-11,15H,1-2H3. The van der Waals surface area contributed by atoms with Crippen LogP contribution in [0.25, 0.3) is 0 Å². The van der Waals surface area contributed by atoms with Gasteiger partial charge >= 0.3 is 0 Å². The summed E-state index contributed by atoms with van der Waals surface area (Å²) >= 11 is 1.30. The van der Waals surface area contributed by atoms with Crippen LogP contribution in [-0.2, 0) is 9.84 Å². The van der Waals surface area contributed by atoms with Crippen molar-refractivity contribution >= 4 is 21.6 Å². The quantitative estimate of drug-likeness (QED) is 0.847. The summed E-state index contributed by atoms with van der Waals surface area (Å²) < 4.78 is 29.9. The monoisotopic (exact) mass is 308 g/mol. The van der Waals surface area contributed by atoms with E-state index in [4.69, 9.17) is 4.74 Å². The van der Waals surface area contributed by atoms with Crippen LogP contribution >= 0.6 is 11.8 Å². The molecule has 1 atom stereocenters. The van der Waals surface area contributed by atoms with E-state index >= 15 is 0 Å². The van der Waals surface area contributed by atoms with Crippen molar-refractivity contribution in [3.63, 3.8) is 0 Å². The highest BCUT2D eigenvalue weighted by Gasteiger charge is 2.28. The number of sulfone groups is 1. The lowest BCUT2D eigenvalue weighted by atomic mass is 10.2. The van der Waals surface area contributed by atoms with Crippen LogP contribution in [0.1, 0.15) is 10.1 Å². The van der Waals surface area contributed by atoms with Crippen molar-refractivity contribution in [2.75, 3.05) is 13.4 Å². The van der Waals surface area contributed by atoms with Crippen LogP contribution in [0.3, 0.4) is 0 Å². The summed E-state index contributed by atoms with van der Waals surface area (Å²) in [6.45, 7) is 0. The molecule has 2 rings (SSSR count). The van der Waals surface area contributed by atoms with Gasteiger partial charge in [0.05, 0.1) is 12.0 Å². The van der Waals surface area contributed by atoms with E-state index in [1.54, 1.807) is 61.9 Å². The summed E-state index contributed by atoms with van der Waals surface area (Å²) in [6.07, 6.45) is 1.80. The zero-order valence-corrected chi connectivity index (χ0v) is 12.9. The lowest BCUT2D eigenvalue weighted by molar-refractivity contribution is 0.414. The number of benzene rings is 2. The van der Waals surface area contributed by atoms with Crippen molar-refractivity contribution in [2.24, 2.45) is 0 Å². The Kier molecular flexibility index (Phi) is 4.73. The van der Waals surface area contributed by atoms with Gasteiger partial charge in [0.15, 0.2) is 9.84 Å². The third-order valence-electron chi connectivity index (χ3n) is 2.93. The van der Waals surface area contributed by atoms with Gasteiger partial charge in [0.25, 0.3) is 0 Å². The molecule has 1 unspecified atom stereocenters. The van der Waals surface area contributed by atoms with Crippen LogP contribution < -0.4 is 4.74 Å². The maximum atomic E-state index is 12.7. The average molecular weight is 308 g/mol. The van der Waals surface area contributed by atoms with Gasteiger partial charge in [0, 0.05) is 0 Å². The Balaban J connectivity index is 2.46. The summed E-state index contributed by atoms with van der Waals surface area (Å²) in [5.74, 6) is 0.657. The highest BCUT2D eigenvalue weighted by Crippen LogP contribution is 2.37. The molecule has 0 aliphatic heterocycles. The molecule has 0 aromatic heterocycles. The van der Waals surface area contributed by atoms with Crippen LogP contribution in [0.2, 0.25) is 0 Å². The summed E-state index contributed by atoms with van der Waals surface area (Å²) in [6, 6.07) is 15.7. The Morgan fingerprint density at radius 1 is 1.05 bits per heavy atom. The Hall–Kier alpha value is -1.46. The van der Waals surface area contributed by atoms with Crippen molar-refractivity contribution in [2.45, 2.75) is 9.48 Å². The molecule has 106 valence electrons. The second kappa shape index (κ2) is 6.33. The molecule has 0 aliphatic carbocycles. The zero-order valence-electron chi connectivity index (χ0n) is 11.3. The maximum Gasteiger partial charge on any atom is 0.194 e. The van der Waals surface area contributed by atoms with Gasteiger partial charge in [-0.1, -0.05) is 30.3 Å². The first-order valence-corrected chi connectivity index (χ1v) is 8.88. The van der Waals surface area contributed by atoms with E-state index in [1.165, 1.54) is 11.8 Å². The molecule has 0 amide bonds. The Morgan fingerprint density at radius 3 is 2.35 bits per heavy atom. The van der Waals surface area contributed by atoms with Gasteiger partial charge < -0.3 is 4.74 Å². The van der Waals surface area contributed by atoms with Gasteiger partial charge in [-0.15, -0.1) is 11.8 Å². The number of ether oxygens (including phenoxy) is 1. The van der Waals surface area contributed by atoms with E-state index in [-0.39, 0.29) is 0 Å². The minimum Gasteiger partial charge on any atom is -0.497 e. The second-order valence-corrected chi connectivity index (χ2v) is 7.48. The Bertz CT molecular complexity index is 667. The molecule has 0 N–H and O–H groups in total. The largest absolute Gasteiger partial charge is 0.497 e. The normalized spacial score (nSPS) is 12.9. The first-order valence-electron chi connectivity index (χ1n) is 6.05. The topological polar surface area (TPSA) is 43.4 Å². The number of hydrogen-bond acceptors (Lipinski definition) is 4. The predicted octanol–water partition coefficient (Wildman–Crippen LogP) is 3.53. The minimum atomic E-state index is -3.42. The van der Waals surface area contributed by atoms with Crippen molar-refractivity contribution in [1.82, 2.24) is 0 Å². The fourth-order valence-corrected chi connectivity index (χ4v) is 5.02. The lowest BCUT2D eigenvalue weighted by Crippen LogP contribution is -2.10. The molecule has 2 aromatic rings. The molecule has 0 bridgehead atoms. The number of rotatable bonds is 5. The van der Waals surface area contributed by atoms with Crippen LogP contribution in [0.5, 0.6) is 5.75 Å². The van der Waals surface area contributed by atoms with Crippen LogP contribution in [-0.4, -0.2) is 21.8 Å². The van der Waals surface area contributed by atoms with Gasteiger partial charge in [0.2, 0.25) is 0 Å². The molecule has 2 aromatic carbocycles. The summed E-state index contributed by atoms with van der Waals surface area (Å²) in [5.41, 5.74) is 0.723. The first kappa shape index (κ1) is 14.9. The zero-order chi connectivity index (χ0) is 14.6. The SMILES string of the molecule is COc1cccc(C(SC)S(=O)(=O)c2ccccc2)c1. The van der Waals surface area contributed by atoms with E-state index in [2.05, 4.69) is 0 Å². The lowest BCUT2D eigenvalue weighted by Gasteiger charge is -2.16. The molecule has 0 radical (unpaired) electrons. The maximum absolute atomic E-state index is 12.7. The molecular weight excluding hydrogens is 292 g/mol. The van der Waals surface area contributed by atoms with Gasteiger partial charge in [-0.25, -0.2) is 8.42 Å². The highest BCUT2D eigenvalue weighted by molar-refractivity contribution is 8.12. The molecule has 20 heavy (non-hydrogen) atoms. The molecule has 0 saturated heterocycles. The Morgan fingerprint density at radius 2 is 1.75 bits per heavy atom. The summed E-state index contributed by atoms with van der Waals surface area (Å²) in [4.78, 5) is 0.335. The molecule has 0 aliphatic rings. The average Bonchev–Trinajstić information content (AvgIpc) is 2.49. The first-order chi connectivity index (χ1) is 9.59. The second-order valence-electron chi connectivity index (χ2n) is 4.20. The fraction of sp³-hybridized carbons (Fsp3) is 0.200. The molecule has 0 fully saturated rings. The number of methoxy groups -OCH3 is 1. The fourth-order valence-electron chi connectivity index (χ4n) is 1.96. The van der Waals surface area contributed by atoms with Gasteiger partial charge in [0.1, 0.15) is 10.3 Å². The summed E-state index contributed by atoms with van der Waals surface area (Å²) in [5, 5.41) is 0. The minimum absolute atomic E-state index is 0.335. The molecular formula is C15H16O3S2. The predicted molar refractivity (Wildman–Crippen MR) is 82.9 cm³/mol. The van der Waals surface area contributed by atoms with Crippen molar-refractivity contribution in [1.29, 1.82) is 0 Å².